The molecule has 0 spiro atoms. The molecule has 0 aromatic heterocycles. The highest BCUT2D eigenvalue weighted by Crippen LogP contribution is 2.36. The van der Waals surface area contributed by atoms with Crippen LogP contribution in [-0.2, 0) is 15.9 Å². The molecule has 146 valence electrons. The second-order valence-electron chi connectivity index (χ2n) is 8.63. The van der Waals surface area contributed by atoms with Crippen LogP contribution in [0.25, 0.3) is 0 Å². The predicted molar refractivity (Wildman–Crippen MR) is 112 cm³/mol. The molecule has 0 unspecified atom stereocenters. The van der Waals surface area contributed by atoms with Gasteiger partial charge in [-0.25, -0.2) is 0 Å². The Hall–Kier alpha value is -2.29. The van der Waals surface area contributed by atoms with Gasteiger partial charge in [0.15, 0.2) is 0 Å². The lowest BCUT2D eigenvalue weighted by atomic mass is 9.79. The minimum Gasteiger partial charge on any atom is -0.489 e. The van der Waals surface area contributed by atoms with Crippen molar-refractivity contribution in [1.29, 1.82) is 5.26 Å². The highest BCUT2D eigenvalue weighted by Gasteiger charge is 2.51. The lowest BCUT2D eigenvalue weighted by Gasteiger charge is -2.32. The van der Waals surface area contributed by atoms with Crippen LogP contribution in [0.3, 0.4) is 0 Å². The van der Waals surface area contributed by atoms with Gasteiger partial charge in [-0.05, 0) is 68.4 Å². The van der Waals surface area contributed by atoms with Crippen molar-refractivity contribution < 1.29 is 14.0 Å². The van der Waals surface area contributed by atoms with Crippen LogP contribution >= 0.6 is 0 Å². The van der Waals surface area contributed by atoms with Crippen LogP contribution in [0, 0.1) is 11.3 Å². The summed E-state index contributed by atoms with van der Waals surface area (Å²) in [5, 5.41) is 9.37. The number of hydrogen-bond donors (Lipinski definition) is 0. The zero-order chi connectivity index (χ0) is 20.5. The molecule has 0 aliphatic carbocycles. The van der Waals surface area contributed by atoms with E-state index in [1.54, 1.807) is 0 Å². The van der Waals surface area contributed by atoms with Gasteiger partial charge >= 0.3 is 7.12 Å². The summed E-state index contributed by atoms with van der Waals surface area (Å²) >= 11 is 0. The van der Waals surface area contributed by atoms with Crippen molar-refractivity contribution in [1.82, 2.24) is 0 Å². The Morgan fingerprint density at radius 2 is 1.61 bits per heavy atom. The molecule has 0 amide bonds. The Balaban J connectivity index is 1.65. The van der Waals surface area contributed by atoms with E-state index in [-0.39, 0.29) is 18.3 Å². The Labute approximate surface area is 168 Å². The molecule has 2 aromatic rings. The van der Waals surface area contributed by atoms with Crippen LogP contribution in [0.4, 0.5) is 0 Å². The van der Waals surface area contributed by atoms with Gasteiger partial charge in [-0.3, -0.25) is 0 Å². The maximum absolute atomic E-state index is 9.37. The number of nitriles is 1. The third-order valence-electron chi connectivity index (χ3n) is 5.67. The molecule has 4 nitrogen and oxygen atoms in total. The van der Waals surface area contributed by atoms with Gasteiger partial charge in [-0.15, -0.1) is 0 Å². The van der Waals surface area contributed by atoms with Crippen molar-refractivity contribution in [3.05, 3.63) is 59.2 Å². The Kier molecular flexibility index (Phi) is 5.56. The fourth-order valence-corrected chi connectivity index (χ4v) is 3.16. The van der Waals surface area contributed by atoms with Crippen LogP contribution in [0.15, 0.2) is 42.5 Å². The first-order valence-corrected chi connectivity index (χ1v) is 9.74. The van der Waals surface area contributed by atoms with Crippen molar-refractivity contribution in [2.75, 3.05) is 0 Å². The number of nitrogens with zero attached hydrogens (tertiary/aromatic N) is 1. The van der Waals surface area contributed by atoms with Crippen molar-refractivity contribution in [2.45, 2.75) is 65.3 Å². The van der Waals surface area contributed by atoms with E-state index in [0.717, 1.165) is 22.3 Å². The monoisotopic (exact) mass is 377 g/mol. The summed E-state index contributed by atoms with van der Waals surface area (Å²) in [5.41, 5.74) is 3.03. The average Bonchev–Trinajstić information content (AvgIpc) is 2.87. The lowest BCUT2D eigenvalue weighted by Crippen LogP contribution is -2.41. The minimum atomic E-state index is -0.374. The molecule has 0 radical (unpaired) electrons. The van der Waals surface area contributed by atoms with E-state index in [1.165, 1.54) is 0 Å². The maximum Gasteiger partial charge on any atom is 0.494 e. The largest absolute Gasteiger partial charge is 0.494 e. The molecule has 0 N–H and O–H groups in total. The molecule has 1 aliphatic heterocycles. The normalized spacial score (nSPS) is 17.6. The van der Waals surface area contributed by atoms with Crippen molar-refractivity contribution in [2.24, 2.45) is 0 Å². The van der Waals surface area contributed by atoms with Crippen LogP contribution in [0.2, 0.25) is 0 Å². The smallest absolute Gasteiger partial charge is 0.489 e. The van der Waals surface area contributed by atoms with Gasteiger partial charge in [-0.2, -0.15) is 5.26 Å². The second-order valence-corrected chi connectivity index (χ2v) is 8.63. The highest BCUT2D eigenvalue weighted by molar-refractivity contribution is 6.62. The summed E-state index contributed by atoms with van der Waals surface area (Å²) in [4.78, 5) is 0. The summed E-state index contributed by atoms with van der Waals surface area (Å²) in [6.07, 6.45) is 0. The topological polar surface area (TPSA) is 51.5 Å². The number of rotatable bonds is 5. The van der Waals surface area contributed by atoms with Gasteiger partial charge in [0, 0.05) is 0 Å². The summed E-state index contributed by atoms with van der Waals surface area (Å²) in [6.45, 7) is 12.8. The highest BCUT2D eigenvalue weighted by atomic mass is 16.7. The molecule has 28 heavy (non-hydrogen) atoms. The van der Waals surface area contributed by atoms with Crippen LogP contribution in [-0.4, -0.2) is 18.3 Å². The molecule has 0 bridgehead atoms. The van der Waals surface area contributed by atoms with E-state index < -0.39 is 0 Å². The molecule has 0 saturated carbocycles. The van der Waals surface area contributed by atoms with E-state index >= 15 is 0 Å². The molecule has 5 heteroatoms. The van der Waals surface area contributed by atoms with E-state index in [2.05, 4.69) is 19.9 Å². The van der Waals surface area contributed by atoms with Gasteiger partial charge in [-0.1, -0.05) is 38.1 Å². The zero-order valence-electron chi connectivity index (χ0n) is 17.6. The Morgan fingerprint density at radius 1 is 1.00 bits per heavy atom. The summed E-state index contributed by atoms with van der Waals surface area (Å²) in [5.74, 6) is 1.10. The molecule has 1 fully saturated rings. The first kappa shape index (κ1) is 20.4. The summed E-state index contributed by atoms with van der Waals surface area (Å²) in [7, 11) is -0.374. The van der Waals surface area contributed by atoms with E-state index in [4.69, 9.17) is 14.0 Å². The fourth-order valence-electron chi connectivity index (χ4n) is 3.16. The average molecular weight is 377 g/mol. The first-order valence-electron chi connectivity index (χ1n) is 9.74. The van der Waals surface area contributed by atoms with Crippen molar-refractivity contribution >= 4 is 12.6 Å². The molecule has 1 saturated heterocycles. The maximum atomic E-state index is 9.37. The van der Waals surface area contributed by atoms with Gasteiger partial charge in [0.2, 0.25) is 0 Å². The van der Waals surface area contributed by atoms with Crippen LogP contribution in [0.5, 0.6) is 5.75 Å². The molecule has 3 rings (SSSR count). The standard InChI is InChI=1S/C23H28BNO3/c1-16(2)21-12-7-17(13-18(21)14-25)15-26-20-10-8-19(9-11-20)24-27-22(3,4)23(5,6)28-24/h7-13,16H,15H2,1-6H3. The molecule has 0 atom stereocenters. The minimum absolute atomic E-state index is 0.326. The molecule has 1 aliphatic rings. The number of benzene rings is 2. The van der Waals surface area contributed by atoms with Gasteiger partial charge < -0.3 is 14.0 Å². The molecular formula is C23H28BNO3. The second kappa shape index (κ2) is 7.62. The Morgan fingerprint density at radius 3 is 2.14 bits per heavy atom. The van der Waals surface area contributed by atoms with Crippen LogP contribution < -0.4 is 10.2 Å². The third-order valence-corrected chi connectivity index (χ3v) is 5.67. The van der Waals surface area contributed by atoms with Gasteiger partial charge in [0.1, 0.15) is 12.4 Å². The Bertz CT molecular complexity index is 866. The van der Waals surface area contributed by atoms with E-state index in [9.17, 15) is 5.26 Å². The molecule has 2 aromatic carbocycles. The molecular weight excluding hydrogens is 349 g/mol. The first-order chi connectivity index (χ1) is 13.1. The van der Waals surface area contributed by atoms with Crippen molar-refractivity contribution in [3.63, 3.8) is 0 Å². The van der Waals surface area contributed by atoms with Crippen molar-refractivity contribution in [3.8, 4) is 11.8 Å². The van der Waals surface area contributed by atoms with Crippen LogP contribution in [0.1, 0.15) is 64.2 Å². The third kappa shape index (κ3) is 4.09. The summed E-state index contributed by atoms with van der Waals surface area (Å²) < 4.78 is 18.1. The number of ether oxygens (including phenoxy) is 1. The lowest BCUT2D eigenvalue weighted by molar-refractivity contribution is 0.00578. The zero-order valence-corrected chi connectivity index (χ0v) is 17.6. The SMILES string of the molecule is CC(C)c1ccc(COc2ccc(B3OC(C)(C)C(C)(C)O3)cc2)cc1C#N. The summed E-state index contributed by atoms with van der Waals surface area (Å²) in [6, 6.07) is 16.0. The fraction of sp³-hybridized carbons (Fsp3) is 0.435. The quantitative estimate of drug-likeness (QED) is 0.717. The number of hydrogen-bond acceptors (Lipinski definition) is 4. The van der Waals surface area contributed by atoms with Gasteiger partial charge in [0.05, 0.1) is 22.8 Å². The van der Waals surface area contributed by atoms with E-state index in [0.29, 0.717) is 18.1 Å². The van der Waals surface area contributed by atoms with Gasteiger partial charge in [0.25, 0.3) is 0 Å². The van der Waals surface area contributed by atoms with E-state index in [1.807, 2.05) is 70.2 Å². The molecule has 1 heterocycles. The predicted octanol–water partition coefficient (Wildman–Crippen LogP) is 4.56.